The van der Waals surface area contributed by atoms with Gasteiger partial charge in [0.1, 0.15) is 0 Å². The fraction of sp³-hybridized carbons (Fsp3) is 0.364. The zero-order valence-corrected chi connectivity index (χ0v) is 10.8. The lowest BCUT2D eigenvalue weighted by Gasteiger charge is -2.20. The average molecular weight is 256 g/mol. The summed E-state index contributed by atoms with van der Waals surface area (Å²) < 4.78 is 2.87. The summed E-state index contributed by atoms with van der Waals surface area (Å²) in [5, 5.41) is 0. The summed E-state index contributed by atoms with van der Waals surface area (Å²) in [6, 6.07) is 3.94. The molecule has 86 valence electrons. The van der Waals surface area contributed by atoms with Crippen molar-refractivity contribution in [3.8, 4) is 0 Å². The molecule has 0 amide bonds. The third kappa shape index (κ3) is 2.45. The van der Waals surface area contributed by atoms with Crippen LogP contribution in [0, 0.1) is 0 Å². The summed E-state index contributed by atoms with van der Waals surface area (Å²) in [6.07, 6.45) is 3.62. The summed E-state index contributed by atoms with van der Waals surface area (Å²) in [7, 11) is 0. The molecular formula is C11H14ClN3S. The van der Waals surface area contributed by atoms with Crippen LogP contribution >= 0.6 is 22.9 Å². The Balaban J connectivity index is 2.25. The molecule has 2 aromatic rings. The molecule has 0 bridgehead atoms. The number of aromatic nitrogens is 2. The molecule has 0 saturated heterocycles. The Labute approximate surface area is 104 Å². The molecule has 0 atom stereocenters. The summed E-state index contributed by atoms with van der Waals surface area (Å²) >= 11 is 7.48. The molecule has 5 heteroatoms. The molecule has 0 aliphatic heterocycles. The molecule has 2 aromatic heterocycles. The number of nitrogens with two attached hydrogens (primary N) is 1. The molecular weight excluding hydrogens is 242 g/mol. The molecule has 0 fully saturated rings. The number of imidazole rings is 1. The zero-order chi connectivity index (χ0) is 11.8. The summed E-state index contributed by atoms with van der Waals surface area (Å²) in [6.45, 7) is 4.72. The Morgan fingerprint density at radius 1 is 1.50 bits per heavy atom. The number of hydrogen-bond acceptors (Lipinski definition) is 3. The molecule has 2 rings (SSSR count). The van der Waals surface area contributed by atoms with Crippen molar-refractivity contribution in [1.82, 2.24) is 9.55 Å². The molecule has 2 heterocycles. The van der Waals surface area contributed by atoms with E-state index in [0.717, 1.165) is 16.6 Å². The summed E-state index contributed by atoms with van der Waals surface area (Å²) in [5.41, 5.74) is 6.72. The second-order valence-electron chi connectivity index (χ2n) is 4.33. The average Bonchev–Trinajstić information content (AvgIpc) is 2.74. The van der Waals surface area contributed by atoms with Crippen molar-refractivity contribution in [2.45, 2.75) is 25.9 Å². The van der Waals surface area contributed by atoms with Crippen molar-refractivity contribution in [1.29, 1.82) is 0 Å². The topological polar surface area (TPSA) is 43.8 Å². The molecule has 0 aliphatic carbocycles. The smallest absolute Gasteiger partial charge is 0.0952 e. The molecule has 0 aliphatic rings. The first-order valence-electron chi connectivity index (χ1n) is 5.00. The van der Waals surface area contributed by atoms with Gasteiger partial charge in [-0.15, -0.1) is 11.3 Å². The first-order valence-corrected chi connectivity index (χ1v) is 6.20. The SMILES string of the molecule is CC(C)(N)c1cncn1Cc1ccc(Cl)s1. The van der Waals surface area contributed by atoms with Crippen LogP contribution in [-0.4, -0.2) is 9.55 Å². The van der Waals surface area contributed by atoms with Crippen molar-refractivity contribution in [3.63, 3.8) is 0 Å². The molecule has 0 saturated carbocycles. The van der Waals surface area contributed by atoms with E-state index in [4.69, 9.17) is 17.3 Å². The number of nitrogens with zero attached hydrogens (tertiary/aromatic N) is 2. The Morgan fingerprint density at radius 2 is 2.25 bits per heavy atom. The predicted molar refractivity (Wildman–Crippen MR) is 67.9 cm³/mol. The van der Waals surface area contributed by atoms with E-state index in [0.29, 0.717) is 0 Å². The lowest BCUT2D eigenvalue weighted by atomic mass is 10.0. The van der Waals surface area contributed by atoms with Gasteiger partial charge in [0.15, 0.2) is 0 Å². The normalized spacial score (nSPS) is 12.0. The van der Waals surface area contributed by atoms with Crippen LogP contribution in [0.5, 0.6) is 0 Å². The van der Waals surface area contributed by atoms with Crippen LogP contribution in [0.15, 0.2) is 24.7 Å². The van der Waals surface area contributed by atoms with Gasteiger partial charge in [-0.3, -0.25) is 0 Å². The van der Waals surface area contributed by atoms with Crippen LogP contribution in [0.3, 0.4) is 0 Å². The van der Waals surface area contributed by atoms with Gasteiger partial charge in [-0.25, -0.2) is 4.98 Å². The number of halogens is 1. The van der Waals surface area contributed by atoms with Crippen molar-refractivity contribution in [3.05, 3.63) is 39.6 Å². The van der Waals surface area contributed by atoms with Gasteiger partial charge in [-0.05, 0) is 26.0 Å². The van der Waals surface area contributed by atoms with E-state index >= 15 is 0 Å². The van der Waals surface area contributed by atoms with E-state index < -0.39 is 0 Å². The van der Waals surface area contributed by atoms with Gasteiger partial charge in [0.2, 0.25) is 0 Å². The first-order chi connectivity index (χ1) is 7.47. The Morgan fingerprint density at radius 3 is 2.81 bits per heavy atom. The minimum Gasteiger partial charge on any atom is -0.328 e. The van der Waals surface area contributed by atoms with Crippen molar-refractivity contribution in [2.24, 2.45) is 5.73 Å². The third-order valence-electron chi connectivity index (χ3n) is 2.33. The predicted octanol–water partition coefficient (Wildman–Crippen LogP) is 2.84. The molecule has 0 unspecified atom stereocenters. The van der Waals surface area contributed by atoms with Gasteiger partial charge >= 0.3 is 0 Å². The Hall–Kier alpha value is -0.840. The number of rotatable bonds is 3. The van der Waals surface area contributed by atoms with Crippen molar-refractivity contribution in [2.75, 3.05) is 0 Å². The second-order valence-corrected chi connectivity index (χ2v) is 6.13. The highest BCUT2D eigenvalue weighted by Crippen LogP contribution is 2.24. The second kappa shape index (κ2) is 4.20. The largest absolute Gasteiger partial charge is 0.328 e. The molecule has 0 radical (unpaired) electrons. The highest BCUT2D eigenvalue weighted by molar-refractivity contribution is 7.16. The maximum absolute atomic E-state index is 6.08. The monoisotopic (exact) mass is 255 g/mol. The quantitative estimate of drug-likeness (QED) is 0.917. The van der Waals surface area contributed by atoms with E-state index in [1.165, 1.54) is 4.88 Å². The van der Waals surface area contributed by atoms with E-state index in [9.17, 15) is 0 Å². The lowest BCUT2D eigenvalue weighted by Crippen LogP contribution is -2.31. The van der Waals surface area contributed by atoms with Crippen LogP contribution in [0.25, 0.3) is 0 Å². The van der Waals surface area contributed by atoms with Gasteiger partial charge in [0.05, 0.1) is 28.4 Å². The van der Waals surface area contributed by atoms with E-state index in [1.807, 2.05) is 32.2 Å². The standard InChI is InChI=1S/C11H14ClN3S/c1-11(2,13)9-5-14-7-15(9)6-8-3-4-10(12)16-8/h3-5,7H,6,13H2,1-2H3. The van der Waals surface area contributed by atoms with Crippen LogP contribution in [0.2, 0.25) is 4.34 Å². The maximum atomic E-state index is 6.08. The van der Waals surface area contributed by atoms with E-state index in [2.05, 4.69) is 9.55 Å². The lowest BCUT2D eigenvalue weighted by molar-refractivity contribution is 0.504. The van der Waals surface area contributed by atoms with Gasteiger partial charge < -0.3 is 10.3 Å². The van der Waals surface area contributed by atoms with Gasteiger partial charge in [-0.2, -0.15) is 0 Å². The fourth-order valence-electron chi connectivity index (χ4n) is 1.59. The van der Waals surface area contributed by atoms with E-state index in [-0.39, 0.29) is 5.54 Å². The Kier molecular flexibility index (Phi) is 3.06. The molecule has 0 spiro atoms. The minimum atomic E-state index is -0.377. The zero-order valence-electron chi connectivity index (χ0n) is 9.27. The van der Waals surface area contributed by atoms with Gasteiger partial charge in [0.25, 0.3) is 0 Å². The summed E-state index contributed by atoms with van der Waals surface area (Å²) in [4.78, 5) is 5.35. The first kappa shape index (κ1) is 11.6. The van der Waals surface area contributed by atoms with Crippen LogP contribution in [-0.2, 0) is 12.1 Å². The van der Waals surface area contributed by atoms with Gasteiger partial charge in [0, 0.05) is 11.1 Å². The molecule has 2 N–H and O–H groups in total. The third-order valence-corrected chi connectivity index (χ3v) is 3.54. The fourth-order valence-corrected chi connectivity index (χ4v) is 2.67. The number of hydrogen-bond donors (Lipinski definition) is 1. The molecule has 16 heavy (non-hydrogen) atoms. The van der Waals surface area contributed by atoms with Crippen molar-refractivity contribution >= 4 is 22.9 Å². The summed E-state index contributed by atoms with van der Waals surface area (Å²) in [5.74, 6) is 0. The minimum absolute atomic E-state index is 0.377. The van der Waals surface area contributed by atoms with Gasteiger partial charge in [-0.1, -0.05) is 11.6 Å². The highest BCUT2D eigenvalue weighted by atomic mass is 35.5. The highest BCUT2D eigenvalue weighted by Gasteiger charge is 2.19. The number of thiophene rings is 1. The van der Waals surface area contributed by atoms with Crippen LogP contribution in [0.4, 0.5) is 0 Å². The van der Waals surface area contributed by atoms with Crippen LogP contribution < -0.4 is 5.73 Å². The molecule has 0 aromatic carbocycles. The maximum Gasteiger partial charge on any atom is 0.0952 e. The Bertz CT molecular complexity index is 481. The van der Waals surface area contributed by atoms with E-state index in [1.54, 1.807) is 17.7 Å². The van der Waals surface area contributed by atoms with Crippen LogP contribution in [0.1, 0.15) is 24.4 Å². The molecule has 3 nitrogen and oxygen atoms in total. The van der Waals surface area contributed by atoms with Crippen molar-refractivity contribution < 1.29 is 0 Å².